The Morgan fingerprint density at radius 2 is 2.00 bits per heavy atom. The van der Waals surface area contributed by atoms with Crippen LogP contribution in [0.15, 0.2) is 6.20 Å². The summed E-state index contributed by atoms with van der Waals surface area (Å²) in [5, 5.41) is 0. The van der Waals surface area contributed by atoms with Crippen molar-refractivity contribution in [3.63, 3.8) is 0 Å². The molecule has 1 rings (SSSR count). The minimum absolute atomic E-state index is 0.317. The second kappa shape index (κ2) is 4.91. The third kappa shape index (κ3) is 3.09. The molecule has 17 heavy (non-hydrogen) atoms. The van der Waals surface area contributed by atoms with Crippen molar-refractivity contribution >= 4 is 0 Å². The van der Waals surface area contributed by atoms with Crippen LogP contribution in [0.1, 0.15) is 16.8 Å². The lowest BCUT2D eigenvalue weighted by Crippen LogP contribution is -2.39. The van der Waals surface area contributed by atoms with E-state index in [4.69, 9.17) is 10.5 Å². The van der Waals surface area contributed by atoms with Gasteiger partial charge in [-0.2, -0.15) is 13.2 Å². The van der Waals surface area contributed by atoms with Gasteiger partial charge in [-0.25, -0.2) is 0 Å². The van der Waals surface area contributed by atoms with Crippen molar-refractivity contribution in [3.8, 4) is 5.75 Å². The van der Waals surface area contributed by atoms with Gasteiger partial charge in [-0.1, -0.05) is 0 Å². The van der Waals surface area contributed by atoms with Crippen LogP contribution in [-0.2, 0) is 6.42 Å². The SMILES string of the molecule is COc1c(C)cnc(CC(N)C(F)(F)F)c1C. The molecule has 2 N–H and O–H groups in total. The number of aromatic nitrogens is 1. The highest BCUT2D eigenvalue weighted by Gasteiger charge is 2.37. The molecule has 1 unspecified atom stereocenters. The fourth-order valence-corrected chi connectivity index (χ4v) is 1.60. The van der Waals surface area contributed by atoms with E-state index in [1.54, 1.807) is 13.8 Å². The molecule has 6 heteroatoms. The lowest BCUT2D eigenvalue weighted by Gasteiger charge is -2.17. The first kappa shape index (κ1) is 13.8. The third-order valence-electron chi connectivity index (χ3n) is 2.58. The van der Waals surface area contributed by atoms with E-state index in [2.05, 4.69) is 4.98 Å². The van der Waals surface area contributed by atoms with Crippen molar-refractivity contribution in [3.05, 3.63) is 23.0 Å². The van der Waals surface area contributed by atoms with Gasteiger partial charge in [0.05, 0.1) is 7.11 Å². The van der Waals surface area contributed by atoms with Crippen LogP contribution < -0.4 is 10.5 Å². The summed E-state index contributed by atoms with van der Waals surface area (Å²) in [5.74, 6) is 0.560. The van der Waals surface area contributed by atoms with Crippen LogP contribution in [0.3, 0.4) is 0 Å². The van der Waals surface area contributed by atoms with E-state index in [0.29, 0.717) is 17.0 Å². The Morgan fingerprint density at radius 3 is 2.47 bits per heavy atom. The molecule has 0 bridgehead atoms. The number of hydrogen-bond donors (Lipinski definition) is 1. The van der Waals surface area contributed by atoms with E-state index in [1.165, 1.54) is 13.3 Å². The van der Waals surface area contributed by atoms with Crippen molar-refractivity contribution in [2.45, 2.75) is 32.5 Å². The number of aryl methyl sites for hydroxylation is 1. The van der Waals surface area contributed by atoms with Crippen LogP contribution >= 0.6 is 0 Å². The van der Waals surface area contributed by atoms with Crippen molar-refractivity contribution in [2.75, 3.05) is 7.11 Å². The summed E-state index contributed by atoms with van der Waals surface area (Å²) in [6.07, 6.45) is -3.26. The van der Waals surface area contributed by atoms with Crippen LogP contribution in [-0.4, -0.2) is 24.3 Å². The standard InChI is InChI=1S/C11H15F3N2O/c1-6-5-16-8(7(2)10(6)17-3)4-9(15)11(12,13)14/h5,9H,4,15H2,1-3H3. The minimum Gasteiger partial charge on any atom is -0.496 e. The van der Waals surface area contributed by atoms with Gasteiger partial charge in [-0.15, -0.1) is 0 Å². The smallest absolute Gasteiger partial charge is 0.404 e. The molecule has 0 radical (unpaired) electrons. The molecule has 96 valence electrons. The number of nitrogens with zero attached hydrogens (tertiary/aromatic N) is 1. The second-order valence-electron chi connectivity index (χ2n) is 3.90. The second-order valence-corrected chi connectivity index (χ2v) is 3.90. The number of halogens is 3. The van der Waals surface area contributed by atoms with E-state index in [-0.39, 0.29) is 6.42 Å². The van der Waals surface area contributed by atoms with Crippen molar-refractivity contribution < 1.29 is 17.9 Å². The average Bonchev–Trinajstić information content (AvgIpc) is 2.21. The van der Waals surface area contributed by atoms with Crippen LogP contribution in [0, 0.1) is 13.8 Å². The summed E-state index contributed by atoms with van der Waals surface area (Å²) >= 11 is 0. The predicted octanol–water partition coefficient (Wildman–Crippen LogP) is 2.14. The maximum atomic E-state index is 12.3. The van der Waals surface area contributed by atoms with Gasteiger partial charge >= 0.3 is 6.18 Å². The van der Waals surface area contributed by atoms with Gasteiger partial charge in [0.15, 0.2) is 0 Å². The molecule has 1 aromatic heterocycles. The summed E-state index contributed by atoms with van der Waals surface area (Å²) in [6, 6.07) is -1.90. The highest BCUT2D eigenvalue weighted by molar-refractivity contribution is 5.41. The fourth-order valence-electron chi connectivity index (χ4n) is 1.60. The normalized spacial score (nSPS) is 13.6. The van der Waals surface area contributed by atoms with Gasteiger partial charge in [0.25, 0.3) is 0 Å². The average molecular weight is 248 g/mol. The number of pyridine rings is 1. The zero-order chi connectivity index (χ0) is 13.2. The minimum atomic E-state index is -4.41. The molecule has 0 spiro atoms. The number of alkyl halides is 3. The quantitative estimate of drug-likeness (QED) is 0.891. The molecule has 0 fully saturated rings. The van der Waals surface area contributed by atoms with Gasteiger partial charge in [-0.3, -0.25) is 4.98 Å². The highest BCUT2D eigenvalue weighted by Crippen LogP contribution is 2.27. The molecule has 0 aromatic carbocycles. The number of nitrogens with two attached hydrogens (primary N) is 1. The van der Waals surface area contributed by atoms with Crippen molar-refractivity contribution in [2.24, 2.45) is 5.73 Å². The van der Waals surface area contributed by atoms with Gasteiger partial charge in [0.2, 0.25) is 0 Å². The summed E-state index contributed by atoms with van der Waals surface area (Å²) in [4.78, 5) is 3.98. The van der Waals surface area contributed by atoms with Gasteiger partial charge in [-0.05, 0) is 13.8 Å². The van der Waals surface area contributed by atoms with E-state index in [0.717, 1.165) is 5.56 Å². The molecule has 0 aliphatic heterocycles. The van der Waals surface area contributed by atoms with Crippen molar-refractivity contribution in [1.29, 1.82) is 0 Å². The van der Waals surface area contributed by atoms with Crippen LogP contribution in [0.4, 0.5) is 13.2 Å². The first-order valence-corrected chi connectivity index (χ1v) is 5.08. The van der Waals surface area contributed by atoms with E-state index >= 15 is 0 Å². The number of methoxy groups -OCH3 is 1. The first-order valence-electron chi connectivity index (χ1n) is 5.08. The lowest BCUT2D eigenvalue weighted by molar-refractivity contribution is -0.147. The molecular weight excluding hydrogens is 233 g/mol. The van der Waals surface area contributed by atoms with Gasteiger partial charge in [0, 0.05) is 29.4 Å². The highest BCUT2D eigenvalue weighted by atomic mass is 19.4. The zero-order valence-corrected chi connectivity index (χ0v) is 9.93. The topological polar surface area (TPSA) is 48.1 Å². The monoisotopic (exact) mass is 248 g/mol. The molecule has 3 nitrogen and oxygen atoms in total. The van der Waals surface area contributed by atoms with Crippen LogP contribution in [0.2, 0.25) is 0 Å². The largest absolute Gasteiger partial charge is 0.496 e. The number of rotatable bonds is 3. The van der Waals surface area contributed by atoms with Crippen LogP contribution in [0.25, 0.3) is 0 Å². The maximum Gasteiger partial charge on any atom is 0.404 e. The molecule has 1 aromatic rings. The Morgan fingerprint density at radius 1 is 1.41 bits per heavy atom. The molecule has 1 atom stereocenters. The number of ether oxygens (including phenoxy) is 1. The molecule has 0 aliphatic rings. The Balaban J connectivity index is 3.01. The van der Waals surface area contributed by atoms with Crippen LogP contribution in [0.5, 0.6) is 5.75 Å². The summed E-state index contributed by atoms with van der Waals surface area (Å²) < 4.78 is 42.2. The Labute approximate surface area is 97.8 Å². The third-order valence-corrected chi connectivity index (χ3v) is 2.58. The molecule has 0 saturated carbocycles. The van der Waals surface area contributed by atoms with Crippen molar-refractivity contribution in [1.82, 2.24) is 4.98 Å². The molecule has 0 saturated heterocycles. The van der Waals surface area contributed by atoms with Gasteiger partial charge < -0.3 is 10.5 Å². The van der Waals surface area contributed by atoms with E-state index < -0.39 is 12.2 Å². The lowest BCUT2D eigenvalue weighted by atomic mass is 10.0. The Bertz CT molecular complexity index is 404. The summed E-state index contributed by atoms with van der Waals surface area (Å²) in [5.41, 5.74) is 6.78. The summed E-state index contributed by atoms with van der Waals surface area (Å²) in [7, 11) is 1.48. The number of hydrogen-bond acceptors (Lipinski definition) is 3. The molecule has 0 amide bonds. The fraction of sp³-hybridized carbons (Fsp3) is 0.545. The molecular formula is C11H15F3N2O. The van der Waals surface area contributed by atoms with E-state index in [9.17, 15) is 13.2 Å². The zero-order valence-electron chi connectivity index (χ0n) is 9.93. The Hall–Kier alpha value is -1.30. The summed E-state index contributed by atoms with van der Waals surface area (Å²) in [6.45, 7) is 3.46. The van der Waals surface area contributed by atoms with E-state index in [1.807, 2.05) is 0 Å². The van der Waals surface area contributed by atoms with Gasteiger partial charge in [0.1, 0.15) is 11.8 Å². The maximum absolute atomic E-state index is 12.3. The first-order chi connectivity index (χ1) is 7.77. The molecule has 0 aliphatic carbocycles. The predicted molar refractivity (Wildman–Crippen MR) is 58.0 cm³/mol. The molecule has 1 heterocycles. The Kier molecular flexibility index (Phi) is 3.98.